The summed E-state index contributed by atoms with van der Waals surface area (Å²) in [7, 11) is 1.62. The Morgan fingerprint density at radius 2 is 1.95 bits per heavy atom. The Morgan fingerprint density at radius 3 is 2.47 bits per heavy atom. The van der Waals surface area contributed by atoms with Gasteiger partial charge in [0.25, 0.3) is 0 Å². The molecular formula is C14H28N2O3. The number of carbonyl (C=O) groups excluding carboxylic acids is 1. The van der Waals surface area contributed by atoms with E-state index in [2.05, 4.69) is 10.6 Å². The minimum absolute atomic E-state index is 0.0220. The zero-order valence-electron chi connectivity index (χ0n) is 12.2. The fourth-order valence-corrected chi connectivity index (χ4v) is 2.51. The topological polar surface area (TPSA) is 70.6 Å². The molecule has 19 heavy (non-hydrogen) atoms. The lowest BCUT2D eigenvalue weighted by molar-refractivity contribution is 0.0275. The Kier molecular flexibility index (Phi) is 7.16. The van der Waals surface area contributed by atoms with E-state index in [1.54, 1.807) is 7.11 Å². The molecule has 1 fully saturated rings. The summed E-state index contributed by atoms with van der Waals surface area (Å²) in [5.41, 5.74) is -0.725. The van der Waals surface area contributed by atoms with Crippen LogP contribution in [0, 0.1) is 0 Å². The lowest BCUT2D eigenvalue weighted by Crippen LogP contribution is -2.49. The van der Waals surface area contributed by atoms with E-state index in [9.17, 15) is 9.90 Å². The first-order chi connectivity index (χ1) is 9.09. The maximum atomic E-state index is 11.8. The molecular weight excluding hydrogens is 244 g/mol. The van der Waals surface area contributed by atoms with E-state index in [-0.39, 0.29) is 12.1 Å². The molecule has 1 rings (SSSR count). The monoisotopic (exact) mass is 272 g/mol. The summed E-state index contributed by atoms with van der Waals surface area (Å²) >= 11 is 0. The Labute approximate surface area is 116 Å². The molecule has 3 N–H and O–H groups in total. The molecule has 0 aromatic rings. The molecule has 1 aliphatic rings. The average molecular weight is 272 g/mol. The molecule has 1 saturated carbocycles. The molecule has 0 saturated heterocycles. The van der Waals surface area contributed by atoms with E-state index in [1.807, 2.05) is 6.92 Å². The van der Waals surface area contributed by atoms with Gasteiger partial charge in [-0.2, -0.15) is 0 Å². The van der Waals surface area contributed by atoms with Gasteiger partial charge in [0, 0.05) is 13.7 Å². The largest absolute Gasteiger partial charge is 0.388 e. The van der Waals surface area contributed by atoms with E-state index in [0.29, 0.717) is 13.2 Å². The highest BCUT2D eigenvalue weighted by molar-refractivity contribution is 5.74. The molecule has 0 spiro atoms. The van der Waals surface area contributed by atoms with Gasteiger partial charge in [-0.05, 0) is 19.3 Å². The third-order valence-corrected chi connectivity index (χ3v) is 3.81. The molecule has 0 aromatic heterocycles. The highest BCUT2D eigenvalue weighted by Crippen LogP contribution is 2.26. The average Bonchev–Trinajstić information content (AvgIpc) is 2.61. The molecule has 0 aromatic carbocycles. The molecule has 0 heterocycles. The molecule has 5 nitrogen and oxygen atoms in total. The van der Waals surface area contributed by atoms with Crippen LogP contribution < -0.4 is 10.6 Å². The standard InChI is InChI=1S/C14H28N2O3/c1-3-12(10-19-2)16-13(17)15-11-14(18)8-6-4-5-7-9-14/h12,18H,3-11H2,1-2H3,(H2,15,16,17). The van der Waals surface area contributed by atoms with E-state index < -0.39 is 5.60 Å². The quantitative estimate of drug-likeness (QED) is 0.646. The first-order valence-corrected chi connectivity index (χ1v) is 7.35. The van der Waals surface area contributed by atoms with Crippen LogP contribution >= 0.6 is 0 Å². The third kappa shape index (κ3) is 6.25. The zero-order chi connectivity index (χ0) is 14.1. The number of hydrogen-bond acceptors (Lipinski definition) is 3. The fraction of sp³-hybridized carbons (Fsp3) is 0.929. The first kappa shape index (κ1) is 16.2. The Morgan fingerprint density at radius 1 is 1.32 bits per heavy atom. The van der Waals surface area contributed by atoms with Gasteiger partial charge in [0.05, 0.1) is 18.2 Å². The van der Waals surface area contributed by atoms with Gasteiger partial charge in [-0.3, -0.25) is 0 Å². The maximum absolute atomic E-state index is 11.8. The highest BCUT2D eigenvalue weighted by atomic mass is 16.5. The van der Waals surface area contributed by atoms with Gasteiger partial charge in [0.1, 0.15) is 0 Å². The van der Waals surface area contributed by atoms with Crippen molar-refractivity contribution in [2.24, 2.45) is 0 Å². The van der Waals surface area contributed by atoms with Gasteiger partial charge in [-0.15, -0.1) is 0 Å². The summed E-state index contributed by atoms with van der Waals surface area (Å²) in [4.78, 5) is 11.8. The number of nitrogens with one attached hydrogen (secondary N) is 2. The van der Waals surface area contributed by atoms with Crippen LogP contribution in [0.25, 0.3) is 0 Å². The molecule has 5 heteroatoms. The minimum atomic E-state index is -0.725. The van der Waals surface area contributed by atoms with Crippen LogP contribution in [0.4, 0.5) is 4.79 Å². The highest BCUT2D eigenvalue weighted by Gasteiger charge is 2.28. The molecule has 0 bridgehead atoms. The summed E-state index contributed by atoms with van der Waals surface area (Å²) < 4.78 is 5.03. The number of ether oxygens (including phenoxy) is 1. The normalized spacial score (nSPS) is 20.4. The van der Waals surface area contributed by atoms with E-state index >= 15 is 0 Å². The van der Waals surface area contributed by atoms with Crippen molar-refractivity contribution >= 4 is 6.03 Å². The predicted octanol–water partition coefficient (Wildman–Crippen LogP) is 1.80. The van der Waals surface area contributed by atoms with Crippen LogP contribution in [0.2, 0.25) is 0 Å². The van der Waals surface area contributed by atoms with Gasteiger partial charge in [-0.25, -0.2) is 4.79 Å². The maximum Gasteiger partial charge on any atom is 0.315 e. The summed E-state index contributed by atoms with van der Waals surface area (Å²) in [6, 6.07) is -0.199. The Hall–Kier alpha value is -0.810. The number of aliphatic hydroxyl groups is 1. The fourth-order valence-electron chi connectivity index (χ4n) is 2.51. The third-order valence-electron chi connectivity index (χ3n) is 3.81. The van der Waals surface area contributed by atoms with Crippen LogP contribution in [0.3, 0.4) is 0 Å². The van der Waals surface area contributed by atoms with E-state index in [0.717, 1.165) is 32.1 Å². The van der Waals surface area contributed by atoms with Crippen LogP contribution in [0.1, 0.15) is 51.9 Å². The van der Waals surface area contributed by atoms with Crippen molar-refractivity contribution in [2.45, 2.75) is 63.5 Å². The molecule has 0 radical (unpaired) electrons. The van der Waals surface area contributed by atoms with Crippen molar-refractivity contribution in [3.8, 4) is 0 Å². The van der Waals surface area contributed by atoms with E-state index in [4.69, 9.17) is 4.74 Å². The summed E-state index contributed by atoms with van der Waals surface area (Å²) in [5, 5.41) is 16.1. The van der Waals surface area contributed by atoms with Crippen LogP contribution in [-0.2, 0) is 4.74 Å². The number of amides is 2. The second-order valence-electron chi connectivity index (χ2n) is 5.53. The SMILES string of the molecule is CCC(COC)NC(=O)NCC1(O)CCCCCC1. The van der Waals surface area contributed by atoms with Crippen molar-refractivity contribution in [1.29, 1.82) is 0 Å². The number of methoxy groups -OCH3 is 1. The van der Waals surface area contributed by atoms with Crippen molar-refractivity contribution < 1.29 is 14.6 Å². The molecule has 2 amide bonds. The van der Waals surface area contributed by atoms with Crippen LogP contribution in [0.5, 0.6) is 0 Å². The van der Waals surface area contributed by atoms with Gasteiger partial charge in [0.2, 0.25) is 0 Å². The second-order valence-corrected chi connectivity index (χ2v) is 5.53. The van der Waals surface area contributed by atoms with Gasteiger partial charge < -0.3 is 20.5 Å². The number of rotatable bonds is 6. The second kappa shape index (κ2) is 8.38. The van der Waals surface area contributed by atoms with Crippen molar-refractivity contribution in [2.75, 3.05) is 20.3 Å². The number of hydrogen-bond donors (Lipinski definition) is 3. The van der Waals surface area contributed by atoms with Gasteiger partial charge in [0.15, 0.2) is 0 Å². The lowest BCUT2D eigenvalue weighted by atomic mass is 9.94. The number of urea groups is 1. The molecule has 1 atom stereocenters. The molecule has 0 aliphatic heterocycles. The van der Waals surface area contributed by atoms with Gasteiger partial charge >= 0.3 is 6.03 Å². The number of carbonyl (C=O) groups is 1. The predicted molar refractivity (Wildman–Crippen MR) is 75.1 cm³/mol. The zero-order valence-corrected chi connectivity index (χ0v) is 12.2. The molecule has 112 valence electrons. The first-order valence-electron chi connectivity index (χ1n) is 7.35. The van der Waals surface area contributed by atoms with Crippen molar-refractivity contribution in [1.82, 2.24) is 10.6 Å². The lowest BCUT2D eigenvalue weighted by Gasteiger charge is -2.27. The summed E-state index contributed by atoms with van der Waals surface area (Å²) in [6.07, 6.45) is 6.83. The van der Waals surface area contributed by atoms with Crippen LogP contribution in [-0.4, -0.2) is 43.0 Å². The Balaban J connectivity index is 2.31. The smallest absolute Gasteiger partial charge is 0.315 e. The van der Waals surface area contributed by atoms with Crippen LogP contribution in [0.15, 0.2) is 0 Å². The Bertz CT molecular complexity index is 263. The summed E-state index contributed by atoms with van der Waals surface area (Å²) in [6.45, 7) is 2.85. The van der Waals surface area contributed by atoms with Crippen molar-refractivity contribution in [3.63, 3.8) is 0 Å². The van der Waals surface area contributed by atoms with Gasteiger partial charge in [-0.1, -0.05) is 32.6 Å². The van der Waals surface area contributed by atoms with Crippen molar-refractivity contribution in [3.05, 3.63) is 0 Å². The van der Waals surface area contributed by atoms with E-state index in [1.165, 1.54) is 12.8 Å². The summed E-state index contributed by atoms with van der Waals surface area (Å²) in [5.74, 6) is 0. The molecule has 1 unspecified atom stereocenters. The minimum Gasteiger partial charge on any atom is -0.388 e. The molecule has 1 aliphatic carbocycles.